The molecular weight excluding hydrogens is 286 g/mol. The largest absolute Gasteiger partial charge is 0.316 e. The summed E-state index contributed by atoms with van der Waals surface area (Å²) >= 11 is 5.82. The van der Waals surface area contributed by atoms with E-state index in [9.17, 15) is 4.39 Å². The lowest BCUT2D eigenvalue weighted by Gasteiger charge is -2.34. The van der Waals surface area contributed by atoms with Crippen LogP contribution in [0.4, 0.5) is 4.39 Å². The lowest BCUT2D eigenvalue weighted by Crippen LogP contribution is -2.39. The molecule has 3 rings (SSSR count). The van der Waals surface area contributed by atoms with Crippen LogP contribution in [0.3, 0.4) is 0 Å². The highest BCUT2D eigenvalue weighted by atomic mass is 35.5. The Hall–Kier alpha value is -0.350. The fourth-order valence-corrected chi connectivity index (χ4v) is 3.35. The summed E-state index contributed by atoms with van der Waals surface area (Å²) in [5, 5.41) is 3.69. The van der Waals surface area contributed by atoms with Crippen molar-refractivity contribution < 1.29 is 4.39 Å². The molecule has 2 aliphatic heterocycles. The molecule has 0 radical (unpaired) electrons. The zero-order valence-corrected chi connectivity index (χ0v) is 12.3. The van der Waals surface area contributed by atoms with E-state index in [4.69, 9.17) is 11.6 Å². The Kier molecular flexibility index (Phi) is 5.07. The predicted octanol–water partition coefficient (Wildman–Crippen LogP) is 2.94. The Morgan fingerprint density at radius 3 is 2.89 bits per heavy atom. The van der Waals surface area contributed by atoms with Crippen molar-refractivity contribution in [3.63, 3.8) is 0 Å². The summed E-state index contributed by atoms with van der Waals surface area (Å²) < 4.78 is 13.1. The molecule has 1 aromatic rings. The van der Waals surface area contributed by atoms with Gasteiger partial charge in [-0.25, -0.2) is 4.39 Å². The minimum Gasteiger partial charge on any atom is -0.316 e. The van der Waals surface area contributed by atoms with Crippen LogP contribution in [0, 0.1) is 17.7 Å². The molecule has 19 heavy (non-hydrogen) atoms. The van der Waals surface area contributed by atoms with E-state index in [1.54, 1.807) is 6.07 Å². The number of rotatable bonds is 2. The van der Waals surface area contributed by atoms with Crippen LogP contribution < -0.4 is 5.32 Å². The number of hydrogen-bond acceptors (Lipinski definition) is 2. The van der Waals surface area contributed by atoms with Crippen molar-refractivity contribution in [1.29, 1.82) is 0 Å². The van der Waals surface area contributed by atoms with Crippen molar-refractivity contribution in [3.05, 3.63) is 34.6 Å². The van der Waals surface area contributed by atoms with Gasteiger partial charge in [-0.3, -0.25) is 4.90 Å². The molecule has 2 saturated heterocycles. The second-order valence-electron chi connectivity index (χ2n) is 5.45. The second-order valence-corrected chi connectivity index (χ2v) is 5.86. The molecular formula is C14H19Cl2FN2. The van der Waals surface area contributed by atoms with Crippen molar-refractivity contribution in [1.82, 2.24) is 10.2 Å². The van der Waals surface area contributed by atoms with Gasteiger partial charge in [0.05, 0.1) is 5.02 Å². The van der Waals surface area contributed by atoms with E-state index in [0.717, 1.165) is 43.6 Å². The highest BCUT2D eigenvalue weighted by Crippen LogP contribution is 2.27. The molecule has 2 unspecified atom stereocenters. The minimum absolute atomic E-state index is 0. The number of piperidine rings is 1. The zero-order valence-electron chi connectivity index (χ0n) is 10.7. The van der Waals surface area contributed by atoms with E-state index in [-0.39, 0.29) is 23.2 Å². The highest BCUT2D eigenvalue weighted by molar-refractivity contribution is 6.30. The third-order valence-corrected chi connectivity index (χ3v) is 4.47. The third-order valence-electron chi connectivity index (χ3n) is 4.18. The summed E-state index contributed by atoms with van der Waals surface area (Å²) in [5.41, 5.74) is 1.10. The highest BCUT2D eigenvalue weighted by Gasteiger charge is 2.32. The minimum atomic E-state index is -0.334. The molecule has 2 nitrogen and oxygen atoms in total. The molecule has 0 amide bonds. The first kappa shape index (κ1) is 15.0. The SMILES string of the molecule is Cl.Fc1ccc(CN2CCC3CNCC3C2)cc1Cl. The van der Waals surface area contributed by atoms with Gasteiger partial charge in [0.25, 0.3) is 0 Å². The van der Waals surface area contributed by atoms with Crippen LogP contribution in [0.15, 0.2) is 18.2 Å². The van der Waals surface area contributed by atoms with Crippen molar-refractivity contribution in [2.45, 2.75) is 13.0 Å². The molecule has 0 saturated carbocycles. The van der Waals surface area contributed by atoms with Crippen LogP contribution in [-0.2, 0) is 6.54 Å². The van der Waals surface area contributed by atoms with Gasteiger partial charge < -0.3 is 5.32 Å². The average Bonchev–Trinajstić information content (AvgIpc) is 2.81. The van der Waals surface area contributed by atoms with Crippen LogP contribution in [0.1, 0.15) is 12.0 Å². The molecule has 0 spiro atoms. The predicted molar refractivity (Wildman–Crippen MR) is 78.4 cm³/mol. The maximum atomic E-state index is 13.1. The van der Waals surface area contributed by atoms with E-state index in [2.05, 4.69) is 10.2 Å². The van der Waals surface area contributed by atoms with Crippen molar-refractivity contribution >= 4 is 24.0 Å². The Balaban J connectivity index is 0.00000133. The van der Waals surface area contributed by atoms with E-state index >= 15 is 0 Å². The maximum absolute atomic E-state index is 13.1. The van der Waals surface area contributed by atoms with Crippen LogP contribution in [-0.4, -0.2) is 31.1 Å². The van der Waals surface area contributed by atoms with Gasteiger partial charge >= 0.3 is 0 Å². The fraction of sp³-hybridized carbons (Fsp3) is 0.571. The quantitative estimate of drug-likeness (QED) is 0.904. The van der Waals surface area contributed by atoms with Gasteiger partial charge in [-0.1, -0.05) is 17.7 Å². The van der Waals surface area contributed by atoms with Crippen LogP contribution in [0.25, 0.3) is 0 Å². The lowest BCUT2D eigenvalue weighted by molar-refractivity contribution is 0.142. The summed E-state index contributed by atoms with van der Waals surface area (Å²) in [4.78, 5) is 2.46. The summed E-state index contributed by atoms with van der Waals surface area (Å²) in [5.74, 6) is 1.31. The van der Waals surface area contributed by atoms with Gasteiger partial charge in [0.2, 0.25) is 0 Å². The van der Waals surface area contributed by atoms with Gasteiger partial charge in [-0.05, 0) is 55.6 Å². The molecule has 5 heteroatoms. The van der Waals surface area contributed by atoms with E-state index in [1.165, 1.54) is 19.0 Å². The number of likely N-dealkylation sites (tertiary alicyclic amines) is 1. The van der Waals surface area contributed by atoms with Gasteiger partial charge in [-0.15, -0.1) is 12.4 Å². The van der Waals surface area contributed by atoms with Crippen molar-refractivity contribution in [2.75, 3.05) is 26.2 Å². The fourth-order valence-electron chi connectivity index (χ4n) is 3.15. The second kappa shape index (κ2) is 6.40. The molecule has 2 fully saturated rings. The van der Waals surface area contributed by atoms with Crippen LogP contribution in [0.5, 0.6) is 0 Å². The first-order valence-electron chi connectivity index (χ1n) is 6.59. The van der Waals surface area contributed by atoms with E-state index in [1.807, 2.05) is 6.07 Å². The molecule has 106 valence electrons. The number of nitrogens with one attached hydrogen (secondary N) is 1. The topological polar surface area (TPSA) is 15.3 Å². The Morgan fingerprint density at radius 1 is 1.32 bits per heavy atom. The molecule has 2 atom stereocenters. The van der Waals surface area contributed by atoms with Crippen LogP contribution >= 0.6 is 24.0 Å². The van der Waals surface area contributed by atoms with Gasteiger partial charge in [0.1, 0.15) is 5.82 Å². The summed E-state index contributed by atoms with van der Waals surface area (Å²) in [6.07, 6.45) is 1.27. The molecule has 2 heterocycles. The molecule has 0 aromatic heterocycles. The van der Waals surface area contributed by atoms with E-state index < -0.39 is 0 Å². The monoisotopic (exact) mass is 304 g/mol. The Labute approximate surface area is 124 Å². The summed E-state index contributed by atoms with van der Waals surface area (Å²) in [6.45, 7) is 5.49. The normalized spacial score (nSPS) is 26.8. The summed E-state index contributed by atoms with van der Waals surface area (Å²) in [7, 11) is 0. The van der Waals surface area contributed by atoms with Crippen molar-refractivity contribution in [2.24, 2.45) is 11.8 Å². The van der Waals surface area contributed by atoms with Gasteiger partial charge in [0.15, 0.2) is 0 Å². The average molecular weight is 305 g/mol. The first-order valence-corrected chi connectivity index (χ1v) is 6.97. The number of hydrogen-bond donors (Lipinski definition) is 1. The lowest BCUT2D eigenvalue weighted by atomic mass is 9.88. The number of benzene rings is 1. The number of fused-ring (bicyclic) bond motifs is 1. The van der Waals surface area contributed by atoms with Crippen LogP contribution in [0.2, 0.25) is 5.02 Å². The molecule has 0 aliphatic carbocycles. The molecule has 1 N–H and O–H groups in total. The number of nitrogens with zero attached hydrogens (tertiary/aromatic N) is 1. The van der Waals surface area contributed by atoms with Gasteiger partial charge in [0, 0.05) is 13.1 Å². The van der Waals surface area contributed by atoms with E-state index in [0.29, 0.717) is 0 Å². The molecule has 0 bridgehead atoms. The maximum Gasteiger partial charge on any atom is 0.141 e. The number of halogens is 3. The zero-order chi connectivity index (χ0) is 12.5. The summed E-state index contributed by atoms with van der Waals surface area (Å²) in [6, 6.07) is 5.04. The van der Waals surface area contributed by atoms with Crippen molar-refractivity contribution in [3.8, 4) is 0 Å². The Bertz CT molecular complexity index is 441. The molecule has 2 aliphatic rings. The Morgan fingerprint density at radius 2 is 2.11 bits per heavy atom. The molecule has 1 aromatic carbocycles. The first-order chi connectivity index (χ1) is 8.72. The third kappa shape index (κ3) is 3.40. The van der Waals surface area contributed by atoms with Gasteiger partial charge in [-0.2, -0.15) is 0 Å². The standard InChI is InChI=1S/C14H18ClFN2.ClH/c15-13-5-10(1-2-14(13)16)8-18-4-3-11-6-17-7-12(11)9-18;/h1-2,5,11-12,17H,3-4,6-9H2;1H. The smallest absolute Gasteiger partial charge is 0.141 e.